The van der Waals surface area contributed by atoms with Crippen molar-refractivity contribution in [1.82, 2.24) is 20.0 Å². The summed E-state index contributed by atoms with van der Waals surface area (Å²) in [4.78, 5) is 29.0. The molecule has 7 nitrogen and oxygen atoms in total. The lowest BCUT2D eigenvalue weighted by molar-refractivity contribution is -0.116. The predicted molar refractivity (Wildman–Crippen MR) is 112 cm³/mol. The number of fused-ring (bicyclic) bond motifs is 1. The molecular formula is C17H11Cl2N5O2S2. The Kier molecular flexibility index (Phi) is 5.40. The van der Waals surface area contributed by atoms with Crippen LogP contribution >= 0.6 is 45.9 Å². The van der Waals surface area contributed by atoms with Crippen LogP contribution in [0.25, 0.3) is 22.2 Å². The largest absolute Gasteiger partial charge is 0.302 e. The summed E-state index contributed by atoms with van der Waals surface area (Å²) in [5.41, 5.74) is 1.62. The number of benzene rings is 1. The van der Waals surface area contributed by atoms with Crippen molar-refractivity contribution in [2.75, 3.05) is 5.32 Å². The number of hydrogen-bond donors (Lipinski definition) is 1. The van der Waals surface area contributed by atoms with Crippen LogP contribution in [0.2, 0.25) is 8.67 Å². The zero-order valence-corrected chi connectivity index (χ0v) is 17.2. The van der Waals surface area contributed by atoms with Crippen molar-refractivity contribution in [2.45, 2.75) is 13.0 Å². The SMILES string of the molecule is O=C(CCn1nnc2ccccc2c1=O)Nc1nc(-c2cc(Cl)sc2Cl)cs1. The number of rotatable bonds is 5. The number of thiophene rings is 1. The highest BCUT2D eigenvalue weighted by Crippen LogP contribution is 2.38. The maximum atomic E-state index is 12.4. The molecule has 0 aliphatic carbocycles. The van der Waals surface area contributed by atoms with E-state index >= 15 is 0 Å². The summed E-state index contributed by atoms with van der Waals surface area (Å²) in [6.07, 6.45) is 0.0624. The quantitative estimate of drug-likeness (QED) is 0.487. The van der Waals surface area contributed by atoms with Gasteiger partial charge in [0.1, 0.15) is 9.85 Å². The summed E-state index contributed by atoms with van der Waals surface area (Å²) < 4.78 is 2.30. The summed E-state index contributed by atoms with van der Waals surface area (Å²) in [6, 6.07) is 8.68. The summed E-state index contributed by atoms with van der Waals surface area (Å²) in [5.74, 6) is -0.280. The number of nitrogens with zero attached hydrogens (tertiary/aromatic N) is 4. The number of amides is 1. The number of halogens is 2. The first-order valence-corrected chi connectivity index (χ1v) is 10.5. The van der Waals surface area contributed by atoms with Gasteiger partial charge in [0, 0.05) is 17.4 Å². The van der Waals surface area contributed by atoms with Gasteiger partial charge in [-0.1, -0.05) is 40.5 Å². The van der Waals surface area contributed by atoms with Gasteiger partial charge < -0.3 is 5.32 Å². The lowest BCUT2D eigenvalue weighted by atomic mass is 10.2. The third kappa shape index (κ3) is 3.93. The molecule has 0 fully saturated rings. The molecule has 3 aromatic heterocycles. The topological polar surface area (TPSA) is 89.8 Å². The molecule has 4 aromatic rings. The normalized spacial score (nSPS) is 11.1. The molecule has 1 aromatic carbocycles. The van der Waals surface area contributed by atoms with Crippen molar-refractivity contribution in [2.24, 2.45) is 0 Å². The Hall–Kier alpha value is -2.33. The van der Waals surface area contributed by atoms with E-state index in [0.29, 0.717) is 30.4 Å². The summed E-state index contributed by atoms with van der Waals surface area (Å²) in [6.45, 7) is 0.118. The van der Waals surface area contributed by atoms with Crippen LogP contribution in [0, 0.1) is 0 Å². The minimum absolute atomic E-state index is 0.0624. The molecule has 0 aliphatic rings. The first kappa shape index (κ1) is 19.0. The molecule has 0 saturated heterocycles. The molecule has 1 amide bonds. The number of aryl methyl sites for hydroxylation is 1. The standard InChI is InChI=1S/C17H11Cl2N5O2S2/c18-13-7-10(15(19)28-13)12-8-27-17(20-12)21-14(25)5-6-24-16(26)9-3-1-2-4-11(9)22-23-24/h1-4,7-8H,5-6H2,(H,20,21,25). The molecule has 1 N–H and O–H groups in total. The van der Waals surface area contributed by atoms with E-state index in [-0.39, 0.29) is 24.4 Å². The highest BCUT2D eigenvalue weighted by Gasteiger charge is 2.14. The zero-order valence-electron chi connectivity index (χ0n) is 14.1. The van der Waals surface area contributed by atoms with Gasteiger partial charge in [0.25, 0.3) is 5.56 Å². The first-order chi connectivity index (χ1) is 13.5. The molecule has 0 bridgehead atoms. The Balaban J connectivity index is 1.42. The monoisotopic (exact) mass is 451 g/mol. The van der Waals surface area contributed by atoms with E-state index in [0.717, 1.165) is 5.56 Å². The Morgan fingerprint density at radius 2 is 2.07 bits per heavy atom. The maximum Gasteiger partial charge on any atom is 0.277 e. The van der Waals surface area contributed by atoms with Crippen LogP contribution in [-0.2, 0) is 11.3 Å². The molecule has 0 unspecified atom stereocenters. The smallest absolute Gasteiger partial charge is 0.277 e. The molecule has 142 valence electrons. The van der Waals surface area contributed by atoms with Gasteiger partial charge in [-0.2, -0.15) is 0 Å². The Bertz CT molecular complexity index is 1230. The molecule has 0 radical (unpaired) electrons. The Morgan fingerprint density at radius 3 is 2.86 bits per heavy atom. The Morgan fingerprint density at radius 1 is 1.25 bits per heavy atom. The van der Waals surface area contributed by atoms with Gasteiger partial charge in [-0.05, 0) is 18.2 Å². The summed E-state index contributed by atoms with van der Waals surface area (Å²) in [5, 5.41) is 13.3. The molecule has 3 heterocycles. The number of carbonyl (C=O) groups is 1. The van der Waals surface area contributed by atoms with E-state index in [9.17, 15) is 9.59 Å². The van der Waals surface area contributed by atoms with Gasteiger partial charge >= 0.3 is 0 Å². The summed E-state index contributed by atoms with van der Waals surface area (Å²) in [7, 11) is 0. The van der Waals surface area contributed by atoms with Crippen molar-refractivity contribution in [3.8, 4) is 11.3 Å². The molecular weight excluding hydrogens is 441 g/mol. The van der Waals surface area contributed by atoms with Crippen LogP contribution in [0.5, 0.6) is 0 Å². The second-order valence-electron chi connectivity index (χ2n) is 5.71. The lowest BCUT2D eigenvalue weighted by Gasteiger charge is -2.04. The van der Waals surface area contributed by atoms with Crippen LogP contribution in [0.4, 0.5) is 5.13 Å². The fraction of sp³-hybridized carbons (Fsp3) is 0.118. The molecule has 0 aliphatic heterocycles. The second-order valence-corrected chi connectivity index (χ2v) is 8.85. The van der Waals surface area contributed by atoms with E-state index in [1.165, 1.54) is 27.4 Å². The van der Waals surface area contributed by atoms with Gasteiger partial charge in [-0.25, -0.2) is 9.67 Å². The Labute approximate surface area is 176 Å². The highest BCUT2D eigenvalue weighted by molar-refractivity contribution is 7.20. The molecule has 4 rings (SSSR count). The van der Waals surface area contributed by atoms with Crippen LogP contribution in [0.1, 0.15) is 6.42 Å². The number of aromatic nitrogens is 4. The first-order valence-electron chi connectivity index (χ1n) is 8.04. The predicted octanol–water partition coefficient (Wildman–Crippen LogP) is 4.31. The second kappa shape index (κ2) is 7.96. The third-order valence-corrected chi connectivity index (χ3v) is 6.11. The zero-order chi connectivity index (χ0) is 19.7. The number of anilines is 1. The van der Waals surface area contributed by atoms with Crippen molar-refractivity contribution in [3.05, 3.63) is 54.7 Å². The average molecular weight is 452 g/mol. The van der Waals surface area contributed by atoms with Gasteiger partial charge in [0.05, 0.1) is 22.0 Å². The maximum absolute atomic E-state index is 12.4. The fourth-order valence-corrected chi connectivity index (χ4v) is 4.74. The highest BCUT2D eigenvalue weighted by atomic mass is 35.5. The van der Waals surface area contributed by atoms with Crippen molar-refractivity contribution in [3.63, 3.8) is 0 Å². The van der Waals surface area contributed by atoms with E-state index in [1.54, 1.807) is 35.7 Å². The number of nitrogens with one attached hydrogen (secondary N) is 1. The van der Waals surface area contributed by atoms with Gasteiger partial charge in [-0.3, -0.25) is 9.59 Å². The minimum atomic E-state index is -0.280. The number of carbonyl (C=O) groups excluding carboxylic acids is 1. The van der Waals surface area contributed by atoms with Gasteiger partial charge in [0.2, 0.25) is 5.91 Å². The minimum Gasteiger partial charge on any atom is -0.302 e. The van der Waals surface area contributed by atoms with Gasteiger partial charge in [0.15, 0.2) is 5.13 Å². The van der Waals surface area contributed by atoms with E-state index < -0.39 is 0 Å². The van der Waals surface area contributed by atoms with E-state index in [4.69, 9.17) is 23.2 Å². The molecule has 0 saturated carbocycles. The van der Waals surface area contributed by atoms with Crippen LogP contribution in [0.3, 0.4) is 0 Å². The third-order valence-electron chi connectivity index (χ3n) is 3.86. The number of hydrogen-bond acceptors (Lipinski definition) is 7. The average Bonchev–Trinajstić information content (AvgIpc) is 3.27. The molecule has 0 atom stereocenters. The summed E-state index contributed by atoms with van der Waals surface area (Å²) >= 11 is 14.6. The van der Waals surface area contributed by atoms with Crippen LogP contribution < -0.4 is 10.9 Å². The van der Waals surface area contributed by atoms with E-state index in [1.807, 2.05) is 0 Å². The van der Waals surface area contributed by atoms with Crippen LogP contribution in [0.15, 0.2) is 40.5 Å². The van der Waals surface area contributed by atoms with Crippen molar-refractivity contribution in [1.29, 1.82) is 0 Å². The van der Waals surface area contributed by atoms with Crippen molar-refractivity contribution >= 4 is 67.8 Å². The fourth-order valence-electron chi connectivity index (χ4n) is 2.53. The van der Waals surface area contributed by atoms with E-state index in [2.05, 4.69) is 20.6 Å². The molecule has 28 heavy (non-hydrogen) atoms. The van der Waals surface area contributed by atoms with Gasteiger partial charge in [-0.15, -0.1) is 27.8 Å². The number of thiazole rings is 1. The van der Waals surface area contributed by atoms with Crippen LogP contribution in [-0.4, -0.2) is 25.9 Å². The molecule has 0 spiro atoms. The molecule has 11 heteroatoms. The van der Waals surface area contributed by atoms with Crippen molar-refractivity contribution < 1.29 is 4.79 Å². The lowest BCUT2D eigenvalue weighted by Crippen LogP contribution is -2.26.